The summed E-state index contributed by atoms with van der Waals surface area (Å²) in [6.07, 6.45) is 18.0. The molecule has 0 radical (unpaired) electrons. The zero-order valence-corrected chi connectivity index (χ0v) is 30.1. The van der Waals surface area contributed by atoms with Gasteiger partial charge in [0.05, 0.1) is 0 Å². The minimum absolute atomic E-state index is 0.190. The first kappa shape index (κ1) is 31.5. The molecule has 0 atom stereocenters. The Morgan fingerprint density at radius 1 is 0.269 bits per heavy atom. The summed E-state index contributed by atoms with van der Waals surface area (Å²) in [5.74, 6) is 0. The van der Waals surface area contributed by atoms with Crippen LogP contribution in [0, 0.1) is 0 Å². The summed E-state index contributed by atoms with van der Waals surface area (Å²) in [4.78, 5) is 0. The molecular formula is C52H46. The van der Waals surface area contributed by atoms with Crippen LogP contribution in [0.15, 0.2) is 146 Å². The predicted octanol–water partition coefficient (Wildman–Crippen LogP) is 14.2. The van der Waals surface area contributed by atoms with E-state index < -0.39 is 0 Å². The highest BCUT2D eigenvalue weighted by atomic mass is 14.5. The van der Waals surface area contributed by atoms with Gasteiger partial charge in [0.15, 0.2) is 0 Å². The second kappa shape index (κ2) is 12.8. The third-order valence-electron chi connectivity index (χ3n) is 13.2. The van der Waals surface area contributed by atoms with E-state index in [1.807, 2.05) is 0 Å². The van der Waals surface area contributed by atoms with E-state index in [1.165, 1.54) is 131 Å². The van der Waals surface area contributed by atoms with Gasteiger partial charge in [-0.15, -0.1) is 0 Å². The maximum Gasteiger partial charge on any atom is 0.0215 e. The van der Waals surface area contributed by atoms with Crippen molar-refractivity contribution >= 4 is 23.3 Å². The molecule has 2 saturated carbocycles. The van der Waals surface area contributed by atoms with Gasteiger partial charge in [-0.3, -0.25) is 0 Å². The molecule has 10 rings (SSSR count). The standard InChI is InChI=1S/C52H46/c1-7-31-51(32-8-1)47-13-5-3-11-45(47)35-49(51)43-27-23-41(24-28-43)39-19-15-37(16-20-39)38-17-21-40(22-18-38)42-25-29-44(30-26-42)50-36-46-12-4-6-14-48(46)52(50)33-9-2-10-34-52/h3-6,11-30,35-36H,1-2,7-10,31-34H2. The topological polar surface area (TPSA) is 0 Å². The van der Waals surface area contributed by atoms with Crippen molar-refractivity contribution in [1.82, 2.24) is 0 Å². The lowest BCUT2D eigenvalue weighted by atomic mass is 9.65. The number of hydrogen-bond acceptors (Lipinski definition) is 0. The second-order valence-electron chi connectivity index (χ2n) is 15.9. The fourth-order valence-corrected chi connectivity index (χ4v) is 10.5. The normalized spacial score (nSPS) is 18.2. The average molecular weight is 671 g/mol. The Balaban J connectivity index is 0.849. The van der Waals surface area contributed by atoms with Crippen LogP contribution in [-0.2, 0) is 10.8 Å². The van der Waals surface area contributed by atoms with Crippen LogP contribution in [0.3, 0.4) is 0 Å². The molecule has 0 aromatic heterocycles. The van der Waals surface area contributed by atoms with E-state index in [9.17, 15) is 0 Å². The van der Waals surface area contributed by atoms with Crippen molar-refractivity contribution in [3.8, 4) is 33.4 Å². The van der Waals surface area contributed by atoms with E-state index in [2.05, 4.69) is 158 Å². The minimum Gasteiger partial charge on any atom is -0.0619 e. The van der Waals surface area contributed by atoms with Gasteiger partial charge < -0.3 is 0 Å². The molecular weight excluding hydrogens is 625 g/mol. The largest absolute Gasteiger partial charge is 0.0619 e. The van der Waals surface area contributed by atoms with Crippen molar-refractivity contribution in [3.63, 3.8) is 0 Å². The smallest absolute Gasteiger partial charge is 0.0215 e. The van der Waals surface area contributed by atoms with Crippen LogP contribution in [-0.4, -0.2) is 0 Å². The molecule has 0 N–H and O–H groups in total. The summed E-state index contributed by atoms with van der Waals surface area (Å²) < 4.78 is 0. The predicted molar refractivity (Wildman–Crippen MR) is 221 cm³/mol. The van der Waals surface area contributed by atoms with Crippen LogP contribution >= 0.6 is 0 Å². The van der Waals surface area contributed by atoms with E-state index in [1.54, 1.807) is 11.1 Å². The minimum atomic E-state index is 0.190. The van der Waals surface area contributed by atoms with Crippen molar-refractivity contribution < 1.29 is 0 Å². The summed E-state index contributed by atoms with van der Waals surface area (Å²) in [7, 11) is 0. The Morgan fingerprint density at radius 2 is 0.538 bits per heavy atom. The summed E-state index contributed by atoms with van der Waals surface area (Å²) >= 11 is 0. The Hall–Kier alpha value is -5.20. The number of benzene rings is 6. The van der Waals surface area contributed by atoms with E-state index in [0.29, 0.717) is 0 Å². The van der Waals surface area contributed by atoms with Crippen LogP contribution in [0.25, 0.3) is 56.7 Å². The van der Waals surface area contributed by atoms with Gasteiger partial charge in [-0.1, -0.05) is 184 Å². The lowest BCUT2D eigenvalue weighted by Gasteiger charge is -2.38. The Morgan fingerprint density at radius 3 is 0.846 bits per heavy atom. The molecule has 0 heterocycles. The van der Waals surface area contributed by atoms with Crippen molar-refractivity contribution in [1.29, 1.82) is 0 Å². The Labute approximate surface area is 309 Å². The average Bonchev–Trinajstić information content (AvgIpc) is 3.70. The van der Waals surface area contributed by atoms with Gasteiger partial charge in [-0.05, 0) is 116 Å². The van der Waals surface area contributed by atoms with Gasteiger partial charge >= 0.3 is 0 Å². The zero-order valence-electron chi connectivity index (χ0n) is 30.1. The van der Waals surface area contributed by atoms with Gasteiger partial charge in [0.2, 0.25) is 0 Å². The number of fused-ring (bicyclic) bond motifs is 4. The first-order chi connectivity index (χ1) is 25.7. The number of allylic oxidation sites excluding steroid dienone is 2. The highest BCUT2D eigenvalue weighted by molar-refractivity contribution is 5.96. The molecule has 0 unspecified atom stereocenters. The van der Waals surface area contributed by atoms with E-state index in [4.69, 9.17) is 0 Å². The molecule has 2 spiro atoms. The van der Waals surface area contributed by atoms with Gasteiger partial charge in [-0.25, -0.2) is 0 Å². The highest BCUT2D eigenvalue weighted by Crippen LogP contribution is 2.56. The van der Waals surface area contributed by atoms with Crippen LogP contribution in [0.4, 0.5) is 0 Å². The zero-order chi connectivity index (χ0) is 34.5. The first-order valence-electron chi connectivity index (χ1n) is 19.8. The number of rotatable bonds is 5. The summed E-state index contributed by atoms with van der Waals surface area (Å²) in [6.45, 7) is 0. The maximum atomic E-state index is 2.48. The molecule has 0 aliphatic heterocycles. The van der Waals surface area contributed by atoms with Gasteiger partial charge in [0, 0.05) is 10.8 Å². The first-order valence-corrected chi connectivity index (χ1v) is 19.8. The van der Waals surface area contributed by atoms with Crippen LogP contribution < -0.4 is 0 Å². The molecule has 0 heteroatoms. The summed E-state index contributed by atoms with van der Waals surface area (Å²) in [5, 5.41) is 0. The second-order valence-corrected chi connectivity index (χ2v) is 15.9. The summed E-state index contributed by atoms with van der Waals surface area (Å²) in [6, 6.07) is 55.1. The van der Waals surface area contributed by atoms with Crippen molar-refractivity contribution in [2.75, 3.05) is 0 Å². The third kappa shape index (κ3) is 5.18. The molecule has 254 valence electrons. The Bertz CT molecular complexity index is 2130. The SMILES string of the molecule is C1=C(c2ccc(-c3ccc(-c4ccc(-c5ccc(C6=Cc7ccccc7C67CCCCC7)cc5)cc4)cc3)cc2)C2(CCCCC2)c2ccccc21. The van der Waals surface area contributed by atoms with Crippen LogP contribution in [0.1, 0.15) is 97.6 Å². The number of hydrogen-bond donors (Lipinski definition) is 0. The molecule has 52 heavy (non-hydrogen) atoms. The molecule has 4 aliphatic rings. The Kier molecular flexibility index (Phi) is 7.75. The molecule has 0 bridgehead atoms. The van der Waals surface area contributed by atoms with Gasteiger partial charge in [-0.2, -0.15) is 0 Å². The van der Waals surface area contributed by atoms with E-state index in [-0.39, 0.29) is 10.8 Å². The summed E-state index contributed by atoms with van der Waals surface area (Å²) in [5.41, 5.74) is 19.7. The fraction of sp³-hybridized carbons (Fsp3) is 0.231. The molecule has 0 nitrogen and oxygen atoms in total. The fourth-order valence-electron chi connectivity index (χ4n) is 10.5. The van der Waals surface area contributed by atoms with Crippen molar-refractivity contribution in [2.24, 2.45) is 0 Å². The van der Waals surface area contributed by atoms with Gasteiger partial charge in [0.1, 0.15) is 0 Å². The quantitative estimate of drug-likeness (QED) is 0.171. The monoisotopic (exact) mass is 670 g/mol. The van der Waals surface area contributed by atoms with Gasteiger partial charge in [0.25, 0.3) is 0 Å². The van der Waals surface area contributed by atoms with E-state index >= 15 is 0 Å². The molecule has 2 fully saturated rings. The lowest BCUT2D eigenvalue weighted by Crippen LogP contribution is -2.28. The molecule has 0 amide bonds. The third-order valence-corrected chi connectivity index (χ3v) is 13.2. The maximum absolute atomic E-state index is 2.48. The molecule has 0 saturated heterocycles. The van der Waals surface area contributed by atoms with Crippen molar-refractivity contribution in [2.45, 2.75) is 75.0 Å². The molecule has 4 aliphatic carbocycles. The van der Waals surface area contributed by atoms with Crippen LogP contribution in [0.5, 0.6) is 0 Å². The van der Waals surface area contributed by atoms with Crippen LogP contribution in [0.2, 0.25) is 0 Å². The molecule has 6 aromatic rings. The van der Waals surface area contributed by atoms with E-state index in [0.717, 1.165) is 0 Å². The highest BCUT2D eigenvalue weighted by Gasteiger charge is 2.43. The lowest BCUT2D eigenvalue weighted by molar-refractivity contribution is 0.372. The molecule has 6 aromatic carbocycles. The van der Waals surface area contributed by atoms with Crippen molar-refractivity contribution in [3.05, 3.63) is 179 Å².